The summed E-state index contributed by atoms with van der Waals surface area (Å²) in [6.45, 7) is 1.89. The Morgan fingerprint density at radius 2 is 2.00 bits per heavy atom. The topological polar surface area (TPSA) is 0 Å². The lowest BCUT2D eigenvalue weighted by molar-refractivity contribution is -0.0941. The van der Waals surface area contributed by atoms with Gasteiger partial charge >= 0.3 is 6.18 Å². The highest BCUT2D eigenvalue weighted by Crippen LogP contribution is 2.34. The van der Waals surface area contributed by atoms with Crippen molar-refractivity contribution in [2.75, 3.05) is 0 Å². The zero-order chi connectivity index (χ0) is 10.8. The molecule has 1 aliphatic rings. The van der Waals surface area contributed by atoms with Crippen molar-refractivity contribution in [3.8, 4) is 0 Å². The summed E-state index contributed by atoms with van der Waals surface area (Å²) in [6.07, 6.45) is -0.945. The van der Waals surface area contributed by atoms with Crippen LogP contribution in [0.2, 0.25) is 0 Å². The Hall–Kier alpha value is -0.640. The van der Waals surface area contributed by atoms with Crippen LogP contribution in [-0.4, -0.2) is 11.5 Å². The number of rotatable bonds is 2. The predicted octanol–water partition coefficient (Wildman–Crippen LogP) is 3.83. The first-order chi connectivity index (χ1) is 6.45. The maximum Gasteiger partial charge on any atom is 0.412 e. The molecule has 0 bridgehead atoms. The van der Waals surface area contributed by atoms with Crippen LogP contribution in [0, 0.1) is 5.92 Å². The number of hydrogen-bond acceptors (Lipinski definition) is 1. The second-order valence-corrected chi connectivity index (χ2v) is 3.63. The second-order valence-electron chi connectivity index (χ2n) is 3.36. The van der Waals surface area contributed by atoms with Crippen molar-refractivity contribution in [3.05, 3.63) is 23.3 Å². The zero-order valence-corrected chi connectivity index (χ0v) is 8.58. The van der Waals surface area contributed by atoms with Crippen molar-refractivity contribution in [1.82, 2.24) is 0 Å². The van der Waals surface area contributed by atoms with Crippen molar-refractivity contribution in [3.63, 3.8) is 0 Å². The molecule has 0 aromatic heterocycles. The molecule has 0 saturated carbocycles. The van der Waals surface area contributed by atoms with E-state index in [1.807, 2.05) is 6.92 Å². The van der Waals surface area contributed by atoms with E-state index in [-0.39, 0.29) is 12.3 Å². The summed E-state index contributed by atoms with van der Waals surface area (Å²) in [5.74, 6) is 0.0935. The number of halogens is 3. The standard InChI is InChI=1S/C10H11F3S/c1-7(6-14)8-2-4-9(5-3-8)10(11,12)13/h2,4,6-7H,3,5H2,1H3. The molecule has 0 aliphatic heterocycles. The van der Waals surface area contributed by atoms with Gasteiger partial charge in [-0.1, -0.05) is 36.9 Å². The second kappa shape index (κ2) is 4.26. The van der Waals surface area contributed by atoms with Gasteiger partial charge in [-0.25, -0.2) is 0 Å². The normalized spacial score (nSPS) is 19.7. The zero-order valence-electron chi connectivity index (χ0n) is 7.77. The summed E-state index contributed by atoms with van der Waals surface area (Å²) in [6, 6.07) is 0. The van der Waals surface area contributed by atoms with Crippen molar-refractivity contribution in [1.29, 1.82) is 0 Å². The maximum absolute atomic E-state index is 12.2. The van der Waals surface area contributed by atoms with Crippen molar-refractivity contribution in [2.45, 2.75) is 25.9 Å². The van der Waals surface area contributed by atoms with Gasteiger partial charge in [0.1, 0.15) is 0 Å². The minimum atomic E-state index is -4.18. The van der Waals surface area contributed by atoms with E-state index >= 15 is 0 Å². The van der Waals surface area contributed by atoms with E-state index < -0.39 is 11.7 Å². The average Bonchev–Trinajstić information content (AvgIpc) is 2.15. The largest absolute Gasteiger partial charge is 0.412 e. The molecule has 0 spiro atoms. The molecule has 0 nitrogen and oxygen atoms in total. The van der Waals surface area contributed by atoms with Gasteiger partial charge in [-0.3, -0.25) is 0 Å². The van der Waals surface area contributed by atoms with Crippen LogP contribution < -0.4 is 0 Å². The SMILES string of the molecule is CC(C=S)C1=CC=C(C(F)(F)F)CC1. The Bertz CT molecular complexity index is 286. The molecular weight excluding hydrogens is 209 g/mol. The van der Waals surface area contributed by atoms with E-state index in [1.54, 1.807) is 11.4 Å². The number of thiocarbonyl (C=S) groups is 1. The van der Waals surface area contributed by atoms with Gasteiger partial charge in [0.15, 0.2) is 0 Å². The first-order valence-corrected chi connectivity index (χ1v) is 4.84. The molecular formula is C10H11F3S. The fourth-order valence-electron chi connectivity index (χ4n) is 1.36. The molecule has 14 heavy (non-hydrogen) atoms. The van der Waals surface area contributed by atoms with E-state index in [4.69, 9.17) is 12.2 Å². The summed E-state index contributed by atoms with van der Waals surface area (Å²) in [7, 11) is 0. The minimum absolute atomic E-state index is 0.0723. The number of allylic oxidation sites excluding steroid dienone is 4. The van der Waals surface area contributed by atoms with Crippen LogP contribution in [0.1, 0.15) is 19.8 Å². The molecule has 78 valence electrons. The van der Waals surface area contributed by atoms with Crippen LogP contribution in [0.15, 0.2) is 23.3 Å². The highest BCUT2D eigenvalue weighted by molar-refractivity contribution is 7.79. The molecule has 0 aromatic carbocycles. The van der Waals surface area contributed by atoms with E-state index in [0.717, 1.165) is 11.6 Å². The Kier molecular flexibility index (Phi) is 3.48. The third kappa shape index (κ3) is 2.67. The van der Waals surface area contributed by atoms with E-state index in [1.165, 1.54) is 0 Å². The van der Waals surface area contributed by atoms with Crippen LogP contribution >= 0.6 is 12.2 Å². The van der Waals surface area contributed by atoms with Gasteiger partial charge in [0.25, 0.3) is 0 Å². The van der Waals surface area contributed by atoms with Crippen molar-refractivity contribution in [2.24, 2.45) is 5.92 Å². The Morgan fingerprint density at radius 3 is 2.36 bits per heavy atom. The van der Waals surface area contributed by atoms with Crippen molar-refractivity contribution < 1.29 is 13.2 Å². The molecule has 4 heteroatoms. The summed E-state index contributed by atoms with van der Waals surface area (Å²) < 4.78 is 36.7. The third-order valence-electron chi connectivity index (χ3n) is 2.33. The molecule has 0 radical (unpaired) electrons. The lowest BCUT2D eigenvalue weighted by Gasteiger charge is -2.18. The van der Waals surface area contributed by atoms with E-state index in [0.29, 0.717) is 6.42 Å². The van der Waals surface area contributed by atoms with Crippen LogP contribution in [0.5, 0.6) is 0 Å². The summed E-state index contributed by atoms with van der Waals surface area (Å²) in [5, 5.41) is 1.58. The highest BCUT2D eigenvalue weighted by Gasteiger charge is 2.33. The molecule has 0 heterocycles. The summed E-state index contributed by atoms with van der Waals surface area (Å²) in [4.78, 5) is 0. The molecule has 1 aliphatic carbocycles. The third-order valence-corrected chi connectivity index (χ3v) is 2.74. The number of hydrogen-bond donors (Lipinski definition) is 0. The molecule has 0 amide bonds. The Labute approximate surface area is 86.5 Å². The van der Waals surface area contributed by atoms with Gasteiger partial charge in [0, 0.05) is 11.5 Å². The van der Waals surface area contributed by atoms with Gasteiger partial charge in [-0.2, -0.15) is 13.2 Å². The van der Waals surface area contributed by atoms with Crippen molar-refractivity contribution >= 4 is 17.6 Å². The fraction of sp³-hybridized carbons (Fsp3) is 0.500. The van der Waals surface area contributed by atoms with Gasteiger partial charge in [-0.05, 0) is 18.2 Å². The molecule has 1 rings (SSSR count). The first-order valence-electron chi connectivity index (χ1n) is 4.37. The van der Waals surface area contributed by atoms with Crippen LogP contribution in [0.3, 0.4) is 0 Å². The Balaban J connectivity index is 2.79. The molecule has 0 aromatic rings. The highest BCUT2D eigenvalue weighted by atomic mass is 32.1. The Morgan fingerprint density at radius 1 is 1.36 bits per heavy atom. The fourth-order valence-corrected chi connectivity index (χ4v) is 1.53. The lowest BCUT2D eigenvalue weighted by Crippen LogP contribution is -2.15. The molecule has 0 fully saturated rings. The lowest BCUT2D eigenvalue weighted by atomic mass is 9.91. The van der Waals surface area contributed by atoms with E-state index in [9.17, 15) is 13.2 Å². The monoisotopic (exact) mass is 220 g/mol. The van der Waals surface area contributed by atoms with Gasteiger partial charge in [0.2, 0.25) is 0 Å². The number of alkyl halides is 3. The minimum Gasteiger partial charge on any atom is -0.166 e. The van der Waals surface area contributed by atoms with Gasteiger partial charge < -0.3 is 0 Å². The van der Waals surface area contributed by atoms with Gasteiger partial charge in [-0.15, -0.1) is 0 Å². The van der Waals surface area contributed by atoms with Crippen LogP contribution in [-0.2, 0) is 0 Å². The van der Waals surface area contributed by atoms with E-state index in [2.05, 4.69) is 0 Å². The summed E-state index contributed by atoms with van der Waals surface area (Å²) >= 11 is 4.75. The molecule has 1 atom stereocenters. The molecule has 0 saturated heterocycles. The molecule has 0 N–H and O–H groups in total. The average molecular weight is 220 g/mol. The smallest absolute Gasteiger partial charge is 0.166 e. The quantitative estimate of drug-likeness (QED) is 0.637. The van der Waals surface area contributed by atoms with Crippen LogP contribution in [0.25, 0.3) is 0 Å². The maximum atomic E-state index is 12.2. The summed E-state index contributed by atoms with van der Waals surface area (Å²) in [5.41, 5.74) is 0.533. The first kappa shape index (κ1) is 11.4. The van der Waals surface area contributed by atoms with Gasteiger partial charge in [0.05, 0.1) is 0 Å². The van der Waals surface area contributed by atoms with Crippen LogP contribution in [0.4, 0.5) is 13.2 Å². The predicted molar refractivity (Wildman–Crippen MR) is 54.3 cm³/mol. The molecule has 1 unspecified atom stereocenters.